The second kappa shape index (κ2) is 5.32. The molecule has 0 radical (unpaired) electrons. The van der Waals surface area contributed by atoms with E-state index in [0.29, 0.717) is 14.6 Å². The highest BCUT2D eigenvalue weighted by Crippen LogP contribution is 2.35. The lowest BCUT2D eigenvalue weighted by Crippen LogP contribution is -2.14. The monoisotopic (exact) mass is 457 g/mol. The summed E-state index contributed by atoms with van der Waals surface area (Å²) < 4.78 is 28.6. The summed E-state index contributed by atoms with van der Waals surface area (Å²) in [4.78, 5) is 6.23. The van der Waals surface area contributed by atoms with Crippen molar-refractivity contribution in [3.63, 3.8) is 0 Å². The molecule has 96 valence electrons. The Balaban J connectivity index is 2.42. The Bertz CT molecular complexity index is 647. The summed E-state index contributed by atoms with van der Waals surface area (Å²) in [6.45, 7) is 0. The lowest BCUT2D eigenvalue weighted by Gasteiger charge is -2.10. The van der Waals surface area contributed by atoms with Crippen LogP contribution in [0.1, 0.15) is 0 Å². The molecule has 2 N–H and O–H groups in total. The third kappa shape index (κ3) is 2.95. The summed E-state index contributed by atoms with van der Waals surface area (Å²) in [5, 5.41) is 0.00391. The van der Waals surface area contributed by atoms with Crippen molar-refractivity contribution in [3.8, 4) is 0 Å². The van der Waals surface area contributed by atoms with E-state index in [-0.39, 0.29) is 5.03 Å². The van der Waals surface area contributed by atoms with Gasteiger partial charge >= 0.3 is 0 Å². The summed E-state index contributed by atoms with van der Waals surface area (Å²) in [5.74, 6) is 0. The third-order valence-corrected chi connectivity index (χ3v) is 4.99. The van der Waals surface area contributed by atoms with Gasteiger partial charge in [0.15, 0.2) is 5.03 Å². The highest BCUT2D eigenvalue weighted by Gasteiger charge is 2.18. The average molecular weight is 460 g/mol. The first-order chi connectivity index (χ1) is 8.40. The van der Waals surface area contributed by atoms with Gasteiger partial charge in [-0.1, -0.05) is 15.9 Å². The second-order valence-electron chi connectivity index (χ2n) is 3.27. The normalized spacial score (nSPS) is 11.5. The molecule has 1 heterocycles. The first-order valence-electron chi connectivity index (χ1n) is 4.56. The van der Waals surface area contributed by atoms with E-state index in [1.54, 1.807) is 12.1 Å². The quantitative estimate of drug-likeness (QED) is 0.737. The number of aromatic amines is 1. The van der Waals surface area contributed by atoms with Gasteiger partial charge in [0.2, 0.25) is 0 Å². The number of imidazole rings is 1. The number of benzene rings is 1. The Morgan fingerprint density at radius 3 is 2.28 bits per heavy atom. The molecule has 0 fully saturated rings. The fourth-order valence-electron chi connectivity index (χ4n) is 1.22. The lowest BCUT2D eigenvalue weighted by molar-refractivity contribution is 0.598. The van der Waals surface area contributed by atoms with Crippen LogP contribution >= 0.6 is 47.8 Å². The van der Waals surface area contributed by atoms with E-state index in [0.717, 1.165) is 4.47 Å². The van der Waals surface area contributed by atoms with E-state index >= 15 is 0 Å². The fourth-order valence-corrected chi connectivity index (χ4v) is 4.94. The maximum atomic E-state index is 12.0. The molecule has 0 spiro atoms. The number of nitrogens with one attached hydrogen (secondary N) is 2. The smallest absolute Gasteiger partial charge is 0.279 e. The van der Waals surface area contributed by atoms with Gasteiger partial charge in [0, 0.05) is 13.4 Å². The molecule has 2 aromatic rings. The van der Waals surface area contributed by atoms with E-state index in [9.17, 15) is 8.42 Å². The molecule has 0 aliphatic carbocycles. The first-order valence-corrected chi connectivity index (χ1v) is 8.42. The summed E-state index contributed by atoms with van der Waals surface area (Å²) in [6.07, 6.45) is 2.54. The molecule has 1 aromatic heterocycles. The number of anilines is 1. The number of aromatic nitrogens is 2. The molecule has 5 nitrogen and oxygen atoms in total. The van der Waals surface area contributed by atoms with E-state index in [4.69, 9.17) is 0 Å². The topological polar surface area (TPSA) is 74.8 Å². The van der Waals surface area contributed by atoms with Crippen molar-refractivity contribution in [1.82, 2.24) is 9.97 Å². The van der Waals surface area contributed by atoms with E-state index in [2.05, 4.69) is 62.5 Å². The summed E-state index contributed by atoms with van der Waals surface area (Å²) in [7, 11) is -3.67. The molecule has 2 rings (SSSR count). The number of nitrogens with zero attached hydrogens (tertiary/aromatic N) is 1. The number of sulfonamides is 1. The van der Waals surface area contributed by atoms with Gasteiger partial charge in [0.1, 0.15) is 0 Å². The highest BCUT2D eigenvalue weighted by molar-refractivity contribution is 9.11. The molecule has 1 aromatic carbocycles. The number of hydrogen-bond donors (Lipinski definition) is 2. The number of rotatable bonds is 3. The number of hydrogen-bond acceptors (Lipinski definition) is 3. The van der Waals surface area contributed by atoms with Crippen molar-refractivity contribution < 1.29 is 8.42 Å². The maximum Gasteiger partial charge on any atom is 0.279 e. The average Bonchev–Trinajstić information content (AvgIpc) is 2.77. The van der Waals surface area contributed by atoms with Crippen LogP contribution < -0.4 is 4.72 Å². The van der Waals surface area contributed by atoms with E-state index in [1.165, 1.54) is 12.5 Å². The fraction of sp³-hybridized carbons (Fsp3) is 0. The van der Waals surface area contributed by atoms with Crippen LogP contribution in [0.3, 0.4) is 0 Å². The van der Waals surface area contributed by atoms with Gasteiger partial charge in [-0.05, 0) is 44.0 Å². The first kappa shape index (κ1) is 14.0. The molecule has 0 aliphatic heterocycles. The summed E-state index contributed by atoms with van der Waals surface area (Å²) in [6, 6.07) is 3.49. The molecular formula is C9H6Br3N3O2S. The Hall–Kier alpha value is -0.380. The minimum Gasteiger partial charge on any atom is -0.334 e. The van der Waals surface area contributed by atoms with Crippen LogP contribution in [-0.4, -0.2) is 18.4 Å². The predicted molar refractivity (Wildman–Crippen MR) is 78.9 cm³/mol. The molecule has 0 saturated heterocycles. The molecule has 0 amide bonds. The van der Waals surface area contributed by atoms with Crippen LogP contribution in [0.4, 0.5) is 5.69 Å². The molecule has 0 saturated carbocycles. The molecule has 0 atom stereocenters. The predicted octanol–water partition coefficient (Wildman–Crippen LogP) is 3.50. The standard InChI is InChI=1S/C9H6Br3N3O2S/c10-5-1-6(11)9(7(12)2-5)15-18(16,17)8-3-13-4-14-8/h1-4,15H,(H,13,14). The zero-order valence-electron chi connectivity index (χ0n) is 8.62. The van der Waals surface area contributed by atoms with Crippen molar-refractivity contribution >= 4 is 63.5 Å². The van der Waals surface area contributed by atoms with Gasteiger partial charge in [-0.25, -0.2) is 4.98 Å². The molecule has 0 bridgehead atoms. The van der Waals surface area contributed by atoms with Gasteiger partial charge in [-0.15, -0.1) is 0 Å². The minimum absolute atomic E-state index is 0.00391. The second-order valence-corrected chi connectivity index (χ2v) is 7.54. The molecule has 0 unspecified atom stereocenters. The Morgan fingerprint density at radius 2 is 1.78 bits per heavy atom. The summed E-state index contributed by atoms with van der Waals surface area (Å²) >= 11 is 9.91. The van der Waals surface area contributed by atoms with Crippen LogP contribution in [0, 0.1) is 0 Å². The minimum atomic E-state index is -3.67. The van der Waals surface area contributed by atoms with Gasteiger partial charge in [-0.3, -0.25) is 4.72 Å². The highest BCUT2D eigenvalue weighted by atomic mass is 79.9. The van der Waals surface area contributed by atoms with Gasteiger partial charge < -0.3 is 4.98 Å². The van der Waals surface area contributed by atoms with Crippen LogP contribution in [-0.2, 0) is 10.0 Å². The van der Waals surface area contributed by atoms with Crippen molar-refractivity contribution in [2.45, 2.75) is 5.03 Å². The van der Waals surface area contributed by atoms with Crippen LogP contribution in [0.2, 0.25) is 0 Å². The van der Waals surface area contributed by atoms with Crippen LogP contribution in [0.15, 0.2) is 43.1 Å². The largest absolute Gasteiger partial charge is 0.334 e. The molecule has 9 heteroatoms. The number of halogens is 3. The Kier molecular flexibility index (Phi) is 4.15. The van der Waals surface area contributed by atoms with Crippen LogP contribution in [0.25, 0.3) is 0 Å². The zero-order chi connectivity index (χ0) is 13.3. The van der Waals surface area contributed by atoms with Gasteiger partial charge in [0.25, 0.3) is 10.0 Å². The van der Waals surface area contributed by atoms with Gasteiger partial charge in [0.05, 0.1) is 18.2 Å². The Morgan fingerprint density at radius 1 is 1.17 bits per heavy atom. The Labute approximate surface area is 129 Å². The van der Waals surface area contributed by atoms with Crippen molar-refractivity contribution in [2.75, 3.05) is 4.72 Å². The molecule has 18 heavy (non-hydrogen) atoms. The van der Waals surface area contributed by atoms with E-state index < -0.39 is 10.0 Å². The SMILES string of the molecule is O=S(=O)(Nc1c(Br)cc(Br)cc1Br)c1cnc[nH]1. The molecule has 0 aliphatic rings. The lowest BCUT2D eigenvalue weighted by atomic mass is 10.3. The van der Waals surface area contributed by atoms with Crippen molar-refractivity contribution in [2.24, 2.45) is 0 Å². The van der Waals surface area contributed by atoms with Gasteiger partial charge in [-0.2, -0.15) is 8.42 Å². The third-order valence-electron chi connectivity index (χ3n) is 2.01. The van der Waals surface area contributed by atoms with Crippen LogP contribution in [0.5, 0.6) is 0 Å². The zero-order valence-corrected chi connectivity index (χ0v) is 14.2. The van der Waals surface area contributed by atoms with Crippen molar-refractivity contribution in [1.29, 1.82) is 0 Å². The van der Waals surface area contributed by atoms with E-state index in [1.807, 2.05) is 0 Å². The maximum absolute atomic E-state index is 12.0. The summed E-state index contributed by atoms with van der Waals surface area (Å²) in [5.41, 5.74) is 0.424. The van der Waals surface area contributed by atoms with Crippen molar-refractivity contribution in [3.05, 3.63) is 38.1 Å². The molecular weight excluding hydrogens is 454 g/mol. The number of H-pyrrole nitrogens is 1.